The maximum absolute atomic E-state index is 13.4. The zero-order valence-electron chi connectivity index (χ0n) is 29.0. The van der Waals surface area contributed by atoms with Gasteiger partial charge in [0.25, 0.3) is 23.6 Å². The summed E-state index contributed by atoms with van der Waals surface area (Å²) in [5.41, 5.74) is 8.40. The Hall–Kier alpha value is -6.02. The van der Waals surface area contributed by atoms with Crippen molar-refractivity contribution in [2.45, 2.75) is 53.9 Å². The molecule has 4 amide bonds. The third kappa shape index (κ3) is 5.43. The SMILES string of the molecule is Cc1cccc(N2C(=O)c3ccc(Oc4c(C)cc(C(C)(C)c5cc(C)c(Oc6ccc7c(c6)C(=O)NC7=O)c(C)c5)cc4C)cc3C2=O)c1. The molecule has 2 aliphatic rings. The highest BCUT2D eigenvalue weighted by Crippen LogP contribution is 2.41. The lowest BCUT2D eigenvalue weighted by Gasteiger charge is -2.29. The van der Waals surface area contributed by atoms with Crippen LogP contribution in [0.25, 0.3) is 0 Å². The van der Waals surface area contributed by atoms with Gasteiger partial charge in [0, 0.05) is 5.41 Å². The number of rotatable bonds is 7. The zero-order chi connectivity index (χ0) is 35.6. The maximum atomic E-state index is 13.4. The van der Waals surface area contributed by atoms with Crippen LogP contribution >= 0.6 is 0 Å². The molecule has 0 bridgehead atoms. The summed E-state index contributed by atoms with van der Waals surface area (Å²) in [6.07, 6.45) is 0. The fourth-order valence-electron chi connectivity index (χ4n) is 6.84. The van der Waals surface area contributed by atoms with Crippen molar-refractivity contribution in [3.63, 3.8) is 0 Å². The second kappa shape index (κ2) is 11.8. The van der Waals surface area contributed by atoms with Gasteiger partial charge in [-0.15, -0.1) is 0 Å². The van der Waals surface area contributed by atoms with Crippen molar-refractivity contribution in [2.24, 2.45) is 0 Å². The molecule has 50 heavy (non-hydrogen) atoms. The van der Waals surface area contributed by atoms with E-state index >= 15 is 0 Å². The van der Waals surface area contributed by atoms with Crippen molar-refractivity contribution in [1.82, 2.24) is 5.32 Å². The molecule has 0 spiro atoms. The van der Waals surface area contributed by atoms with E-state index in [1.165, 1.54) is 4.90 Å². The molecule has 0 fully saturated rings. The normalized spacial score (nSPS) is 13.8. The van der Waals surface area contributed by atoms with Gasteiger partial charge >= 0.3 is 0 Å². The predicted molar refractivity (Wildman–Crippen MR) is 191 cm³/mol. The highest BCUT2D eigenvalue weighted by atomic mass is 16.5. The topological polar surface area (TPSA) is 102 Å². The number of hydrogen-bond donors (Lipinski definition) is 1. The summed E-state index contributed by atoms with van der Waals surface area (Å²) < 4.78 is 12.6. The Morgan fingerprint density at radius 1 is 0.540 bits per heavy atom. The number of anilines is 1. The maximum Gasteiger partial charge on any atom is 0.266 e. The fraction of sp³-hybridized carbons (Fsp3) is 0.190. The third-order valence-corrected chi connectivity index (χ3v) is 9.63. The molecule has 0 unspecified atom stereocenters. The first kappa shape index (κ1) is 32.5. The predicted octanol–water partition coefficient (Wildman–Crippen LogP) is 8.82. The third-order valence-electron chi connectivity index (χ3n) is 9.63. The van der Waals surface area contributed by atoms with Crippen LogP contribution in [0.2, 0.25) is 0 Å². The average Bonchev–Trinajstić information content (AvgIpc) is 3.49. The van der Waals surface area contributed by atoms with Crippen molar-refractivity contribution in [3.05, 3.63) is 146 Å². The van der Waals surface area contributed by atoms with Crippen LogP contribution in [0.3, 0.4) is 0 Å². The highest BCUT2D eigenvalue weighted by molar-refractivity contribution is 6.34. The number of benzene rings is 5. The minimum atomic E-state index is -0.424. The van der Waals surface area contributed by atoms with Crippen LogP contribution in [0.15, 0.2) is 84.9 Å². The Kier molecular flexibility index (Phi) is 7.70. The molecule has 7 rings (SSSR count). The van der Waals surface area contributed by atoms with E-state index in [4.69, 9.17) is 9.47 Å². The summed E-state index contributed by atoms with van der Waals surface area (Å²) in [5.74, 6) is 0.810. The smallest absolute Gasteiger partial charge is 0.266 e. The van der Waals surface area contributed by atoms with E-state index in [-0.39, 0.29) is 17.2 Å². The van der Waals surface area contributed by atoms with Gasteiger partial charge in [-0.1, -0.05) is 50.2 Å². The minimum absolute atomic E-state index is 0.309. The van der Waals surface area contributed by atoms with E-state index in [0.717, 1.165) is 38.9 Å². The first-order valence-electron chi connectivity index (χ1n) is 16.4. The number of carbonyl (C=O) groups is 4. The molecule has 5 aromatic carbocycles. The summed E-state index contributed by atoms with van der Waals surface area (Å²) in [4.78, 5) is 51.9. The molecular formula is C42H36N2O6. The van der Waals surface area contributed by atoms with Gasteiger partial charge in [-0.05, 0) is 122 Å². The number of carbonyl (C=O) groups excluding carboxylic acids is 4. The van der Waals surface area contributed by atoms with Crippen LogP contribution < -0.4 is 19.7 Å². The largest absolute Gasteiger partial charge is 0.457 e. The fourth-order valence-corrected chi connectivity index (χ4v) is 6.84. The molecule has 5 aromatic rings. The summed E-state index contributed by atoms with van der Waals surface area (Å²) in [6.45, 7) is 14.3. The minimum Gasteiger partial charge on any atom is -0.457 e. The molecule has 0 saturated carbocycles. The molecular weight excluding hydrogens is 628 g/mol. The monoisotopic (exact) mass is 664 g/mol. The molecule has 250 valence electrons. The molecule has 0 atom stereocenters. The van der Waals surface area contributed by atoms with E-state index in [1.807, 2.05) is 52.8 Å². The van der Waals surface area contributed by atoms with Gasteiger partial charge in [-0.25, -0.2) is 4.90 Å². The summed E-state index contributed by atoms with van der Waals surface area (Å²) in [5, 5.41) is 2.31. The standard InChI is InChI=1S/C42H36N2O6/c1-22-9-8-10-29(15-22)44-40(47)33-14-12-31(21-35(33)41(44)48)50-37-25(4)18-28(19-26(37)5)42(6,7)27-16-23(2)36(24(3)17-27)49-30-11-13-32-34(20-30)39(46)43-38(32)45/h8-21H,1-7H3,(H,43,45,46). The molecule has 0 aliphatic carbocycles. The number of nitrogens with one attached hydrogen (secondary N) is 1. The van der Waals surface area contributed by atoms with E-state index in [1.54, 1.807) is 42.5 Å². The Balaban J connectivity index is 1.13. The van der Waals surface area contributed by atoms with Crippen LogP contribution in [-0.4, -0.2) is 23.6 Å². The van der Waals surface area contributed by atoms with E-state index in [2.05, 4.69) is 43.4 Å². The van der Waals surface area contributed by atoms with Crippen LogP contribution in [0.4, 0.5) is 5.69 Å². The molecule has 0 aromatic heterocycles. The lowest BCUT2D eigenvalue weighted by Crippen LogP contribution is -2.29. The number of aryl methyl sites for hydroxylation is 5. The Morgan fingerprint density at radius 2 is 1.02 bits per heavy atom. The summed E-state index contributed by atoms with van der Waals surface area (Å²) in [6, 6.07) is 25.7. The zero-order valence-corrected chi connectivity index (χ0v) is 29.0. The van der Waals surface area contributed by atoms with Crippen LogP contribution in [-0.2, 0) is 5.41 Å². The van der Waals surface area contributed by atoms with Gasteiger partial charge in [-0.3, -0.25) is 24.5 Å². The van der Waals surface area contributed by atoms with Crippen molar-refractivity contribution in [3.8, 4) is 23.0 Å². The van der Waals surface area contributed by atoms with Crippen molar-refractivity contribution < 1.29 is 28.7 Å². The highest BCUT2D eigenvalue weighted by Gasteiger charge is 2.37. The Bertz CT molecular complexity index is 2270. The van der Waals surface area contributed by atoms with Gasteiger partial charge in [0.2, 0.25) is 0 Å². The van der Waals surface area contributed by atoms with E-state index in [9.17, 15) is 19.2 Å². The quantitative estimate of drug-likeness (QED) is 0.175. The van der Waals surface area contributed by atoms with E-state index in [0.29, 0.717) is 50.9 Å². The lowest BCUT2D eigenvalue weighted by atomic mass is 9.76. The van der Waals surface area contributed by atoms with Gasteiger partial charge < -0.3 is 9.47 Å². The first-order valence-corrected chi connectivity index (χ1v) is 16.4. The van der Waals surface area contributed by atoms with Gasteiger partial charge in [0.15, 0.2) is 0 Å². The molecule has 8 nitrogen and oxygen atoms in total. The molecule has 2 aliphatic heterocycles. The van der Waals surface area contributed by atoms with Crippen LogP contribution in [0, 0.1) is 34.6 Å². The van der Waals surface area contributed by atoms with Crippen LogP contribution in [0.1, 0.15) is 94.2 Å². The van der Waals surface area contributed by atoms with Gasteiger partial charge in [-0.2, -0.15) is 0 Å². The number of hydrogen-bond acceptors (Lipinski definition) is 6. The second-order valence-corrected chi connectivity index (χ2v) is 13.7. The van der Waals surface area contributed by atoms with Crippen molar-refractivity contribution in [1.29, 1.82) is 0 Å². The molecule has 8 heteroatoms. The molecule has 0 saturated heterocycles. The van der Waals surface area contributed by atoms with Crippen LogP contribution in [0.5, 0.6) is 23.0 Å². The van der Waals surface area contributed by atoms with Crippen molar-refractivity contribution in [2.75, 3.05) is 4.90 Å². The number of imide groups is 2. The molecule has 1 N–H and O–H groups in total. The average molecular weight is 665 g/mol. The molecule has 2 heterocycles. The number of amides is 4. The number of fused-ring (bicyclic) bond motifs is 2. The summed E-state index contributed by atoms with van der Waals surface area (Å²) in [7, 11) is 0. The first-order chi connectivity index (χ1) is 23.7. The number of ether oxygens (including phenoxy) is 2. The second-order valence-electron chi connectivity index (χ2n) is 13.7. The lowest BCUT2D eigenvalue weighted by molar-refractivity contribution is 0.0874. The molecule has 0 radical (unpaired) electrons. The van der Waals surface area contributed by atoms with Crippen molar-refractivity contribution >= 4 is 29.3 Å². The van der Waals surface area contributed by atoms with Gasteiger partial charge in [0.05, 0.1) is 27.9 Å². The van der Waals surface area contributed by atoms with E-state index < -0.39 is 11.8 Å². The Morgan fingerprint density at radius 3 is 1.56 bits per heavy atom. The summed E-state index contributed by atoms with van der Waals surface area (Å²) >= 11 is 0. The Labute approximate surface area is 290 Å². The van der Waals surface area contributed by atoms with Gasteiger partial charge in [0.1, 0.15) is 23.0 Å². The number of nitrogens with zero attached hydrogens (tertiary/aromatic N) is 1.